The fraction of sp³-hybridized carbons (Fsp3) is 0.255. The molecule has 2 saturated heterocycles. The zero-order valence-electron chi connectivity index (χ0n) is 36.7. The fourth-order valence-electron chi connectivity index (χ4n) is 9.57. The van der Waals surface area contributed by atoms with Crippen molar-refractivity contribution in [3.05, 3.63) is 132 Å². The lowest BCUT2D eigenvalue weighted by Crippen LogP contribution is -2.33. The highest BCUT2D eigenvalue weighted by Crippen LogP contribution is 2.52. The zero-order chi connectivity index (χ0) is 45.1. The van der Waals surface area contributed by atoms with Crippen molar-refractivity contribution in [1.82, 2.24) is 9.80 Å². The summed E-state index contributed by atoms with van der Waals surface area (Å²) in [6.45, 7) is 6.35. The molecule has 4 N–H and O–H groups in total. The highest BCUT2D eigenvalue weighted by molar-refractivity contribution is 7.23. The minimum Gasteiger partial charge on any atom is -0.508 e. The number of benzene rings is 6. The molecule has 11 heteroatoms. The maximum Gasteiger partial charge on any atom is 0.201 e. The van der Waals surface area contributed by atoms with Gasteiger partial charge in [0.25, 0.3) is 0 Å². The van der Waals surface area contributed by atoms with Gasteiger partial charge in [0, 0.05) is 77.4 Å². The fourth-order valence-corrected chi connectivity index (χ4v) is 12.0. The van der Waals surface area contributed by atoms with Crippen LogP contribution >= 0.6 is 22.7 Å². The molecule has 0 spiro atoms. The highest BCUT2D eigenvalue weighted by atomic mass is 32.1. The number of thiophene rings is 2. The predicted molar refractivity (Wildman–Crippen MR) is 267 cm³/mol. The molecule has 0 saturated carbocycles. The number of phenols is 4. The Labute approximate surface area is 392 Å². The van der Waals surface area contributed by atoms with Crippen molar-refractivity contribution in [3.8, 4) is 77.6 Å². The van der Waals surface area contributed by atoms with Gasteiger partial charge in [-0.25, -0.2) is 0 Å². The number of fused-ring (bicyclic) bond motifs is 2. The number of hydrogen-bond acceptors (Lipinski definition) is 11. The van der Waals surface area contributed by atoms with E-state index in [0.717, 1.165) is 117 Å². The van der Waals surface area contributed by atoms with Crippen molar-refractivity contribution in [3.63, 3.8) is 0 Å². The number of phenolic OH excluding ortho intramolecular Hbond substituents is 4. The number of ether oxygens (including phenoxy) is 2. The van der Waals surface area contributed by atoms with Gasteiger partial charge < -0.3 is 29.9 Å². The topological polar surface area (TPSA) is 123 Å². The molecule has 0 atom stereocenters. The van der Waals surface area contributed by atoms with Gasteiger partial charge in [-0.2, -0.15) is 0 Å². The first-order chi connectivity index (χ1) is 32.3. The minimum atomic E-state index is -0.575. The third-order valence-corrected chi connectivity index (χ3v) is 15.3. The summed E-state index contributed by atoms with van der Waals surface area (Å²) in [4.78, 5) is 22.4. The summed E-state index contributed by atoms with van der Waals surface area (Å²) >= 11 is 3.12. The van der Waals surface area contributed by atoms with Crippen molar-refractivity contribution in [1.29, 1.82) is 0 Å². The summed E-state index contributed by atoms with van der Waals surface area (Å²) in [5.74, 6) is -0.0282. The molecule has 2 aliphatic heterocycles. The second-order valence-electron chi connectivity index (χ2n) is 17.3. The van der Waals surface area contributed by atoms with Gasteiger partial charge in [0.05, 0.1) is 11.1 Å². The molecule has 0 aliphatic carbocycles. The number of rotatable bonds is 14. The van der Waals surface area contributed by atoms with Crippen molar-refractivity contribution in [2.75, 3.05) is 52.5 Å². The van der Waals surface area contributed by atoms with Gasteiger partial charge >= 0.3 is 0 Å². The molecule has 2 aromatic heterocycles. The van der Waals surface area contributed by atoms with Crippen LogP contribution in [0.15, 0.2) is 121 Å². The molecular formula is C55H52N2O7S2. The van der Waals surface area contributed by atoms with Crippen LogP contribution in [-0.4, -0.2) is 88.5 Å². The van der Waals surface area contributed by atoms with E-state index in [2.05, 4.69) is 9.80 Å². The molecular weight excluding hydrogens is 865 g/mol. The molecule has 6 aromatic carbocycles. The molecule has 0 unspecified atom stereocenters. The van der Waals surface area contributed by atoms with Crippen molar-refractivity contribution in [2.45, 2.75) is 38.5 Å². The Morgan fingerprint density at radius 1 is 0.500 bits per heavy atom. The lowest BCUT2D eigenvalue weighted by atomic mass is 9.86. The third kappa shape index (κ3) is 8.96. The number of aromatic hydroxyl groups is 4. The molecule has 8 aromatic rings. The van der Waals surface area contributed by atoms with Gasteiger partial charge in [0.1, 0.15) is 47.7 Å². The van der Waals surface area contributed by atoms with Crippen LogP contribution < -0.4 is 9.47 Å². The van der Waals surface area contributed by atoms with Crippen molar-refractivity contribution >= 4 is 48.6 Å². The Kier molecular flexibility index (Phi) is 12.7. The first-order valence-electron chi connectivity index (χ1n) is 22.9. The Hall–Kier alpha value is -6.37. The van der Waals surface area contributed by atoms with E-state index in [9.17, 15) is 20.4 Å². The average molecular weight is 917 g/mol. The predicted octanol–water partition coefficient (Wildman–Crippen LogP) is 12.6. The quantitative estimate of drug-likeness (QED) is 0.0790. The smallest absolute Gasteiger partial charge is 0.201 e. The van der Waals surface area contributed by atoms with Crippen molar-refractivity contribution < 1.29 is 34.7 Å². The Bertz CT molecular complexity index is 2820. The molecule has 0 bridgehead atoms. The molecule has 9 nitrogen and oxygen atoms in total. The Balaban J connectivity index is 1.17. The first kappa shape index (κ1) is 43.5. The number of hydrogen-bond donors (Lipinski definition) is 4. The monoisotopic (exact) mass is 916 g/mol. The molecule has 2 fully saturated rings. The summed E-state index contributed by atoms with van der Waals surface area (Å²) in [7, 11) is 0. The van der Waals surface area contributed by atoms with Gasteiger partial charge in [-0.3, -0.25) is 14.6 Å². The van der Waals surface area contributed by atoms with Crippen LogP contribution in [0.2, 0.25) is 0 Å². The number of carbonyl (C=O) groups is 1. The van der Waals surface area contributed by atoms with E-state index < -0.39 is 5.78 Å². The SMILES string of the molecule is O=C(c1c(O)cc(OCCN2CCCCC2)cc1-c1c(-c2ccc(O)cc2)sc2ccccc12)c1c(O)cc(OCCN2CCCCC2)cc1-c1c(-c2ccc(O)cc2)sc2ccccc12. The Morgan fingerprint density at radius 2 is 0.894 bits per heavy atom. The van der Waals surface area contributed by atoms with E-state index in [-0.39, 0.29) is 34.1 Å². The number of nitrogens with zero attached hydrogens (tertiary/aromatic N) is 2. The zero-order valence-corrected chi connectivity index (χ0v) is 38.3. The van der Waals surface area contributed by atoms with Crippen LogP contribution in [0.5, 0.6) is 34.5 Å². The lowest BCUT2D eigenvalue weighted by Gasteiger charge is -2.26. The summed E-state index contributed by atoms with van der Waals surface area (Å²) in [6.07, 6.45) is 7.09. The van der Waals surface area contributed by atoms with Crippen molar-refractivity contribution in [2.24, 2.45) is 0 Å². The number of carbonyl (C=O) groups excluding carboxylic acids is 1. The van der Waals surface area contributed by atoms with Crippen LogP contribution in [0.4, 0.5) is 0 Å². The molecule has 2 aliphatic rings. The molecule has 66 heavy (non-hydrogen) atoms. The standard InChI is InChI=1S/C55H52N2O7S2/c58-37-19-15-35(16-20-37)54-49(41-11-3-5-13-47(41)65-54)43-31-39(63-29-27-56-23-7-1-8-24-56)33-45(60)51(43)53(62)52-44(32-40(34-46(52)61)64-30-28-57-25-9-2-10-26-57)50-42-12-4-6-14-48(42)66-55(50)36-17-21-38(59)22-18-36/h3-6,11-22,31-34,58-61H,1-2,7-10,23-30H2. The van der Waals surface area contributed by atoms with E-state index in [1.165, 1.54) is 25.0 Å². The Morgan fingerprint density at radius 3 is 1.30 bits per heavy atom. The van der Waals surface area contributed by atoms with Crippen LogP contribution in [0.3, 0.4) is 0 Å². The van der Waals surface area contributed by atoms with Crippen LogP contribution in [0.25, 0.3) is 63.3 Å². The van der Waals surface area contributed by atoms with E-state index in [0.29, 0.717) is 35.8 Å². The van der Waals surface area contributed by atoms with Gasteiger partial charge in [0.2, 0.25) is 5.78 Å². The van der Waals surface area contributed by atoms with E-state index >= 15 is 4.79 Å². The molecule has 10 rings (SSSR count). The summed E-state index contributed by atoms with van der Waals surface area (Å²) in [5, 5.41) is 47.1. The molecule has 4 heterocycles. The summed E-state index contributed by atoms with van der Waals surface area (Å²) < 4.78 is 14.8. The molecule has 0 radical (unpaired) electrons. The second kappa shape index (κ2) is 19.2. The maximum atomic E-state index is 16.0. The third-order valence-electron chi connectivity index (χ3n) is 12.9. The van der Waals surface area contributed by atoms with Crippen LogP contribution in [-0.2, 0) is 0 Å². The van der Waals surface area contributed by atoms with Gasteiger partial charge in [-0.05, 0) is 136 Å². The van der Waals surface area contributed by atoms with Crippen LogP contribution in [0.1, 0.15) is 54.4 Å². The summed E-state index contributed by atoms with van der Waals surface area (Å²) in [5.41, 5.74) is 4.06. The molecule has 336 valence electrons. The largest absolute Gasteiger partial charge is 0.508 e. The minimum absolute atomic E-state index is 0.0167. The van der Waals surface area contributed by atoms with Gasteiger partial charge in [0.15, 0.2) is 0 Å². The first-order valence-corrected chi connectivity index (χ1v) is 24.5. The molecule has 0 amide bonds. The maximum absolute atomic E-state index is 16.0. The second-order valence-corrected chi connectivity index (χ2v) is 19.4. The van der Waals surface area contributed by atoms with Crippen LogP contribution in [0, 0.1) is 0 Å². The summed E-state index contributed by atoms with van der Waals surface area (Å²) in [6, 6.07) is 36.7. The number of ketones is 1. The average Bonchev–Trinajstić information content (AvgIpc) is 3.92. The van der Waals surface area contributed by atoms with E-state index in [1.54, 1.807) is 46.9 Å². The number of piperidine rings is 2. The lowest BCUT2D eigenvalue weighted by molar-refractivity contribution is 0.103. The normalized spacial score (nSPS) is 14.8. The number of likely N-dealkylation sites (tertiary alicyclic amines) is 2. The highest BCUT2D eigenvalue weighted by Gasteiger charge is 2.32. The van der Waals surface area contributed by atoms with Gasteiger partial charge in [-0.15, -0.1) is 22.7 Å². The van der Waals surface area contributed by atoms with E-state index in [1.807, 2.05) is 84.9 Å². The van der Waals surface area contributed by atoms with Gasteiger partial charge in [-0.1, -0.05) is 49.2 Å². The van der Waals surface area contributed by atoms with E-state index in [4.69, 9.17) is 9.47 Å².